The van der Waals surface area contributed by atoms with Gasteiger partial charge in [-0.05, 0) is 42.5 Å². The predicted molar refractivity (Wildman–Crippen MR) is 104 cm³/mol. The first-order valence-corrected chi connectivity index (χ1v) is 8.53. The van der Waals surface area contributed by atoms with Crippen LogP contribution in [0.5, 0.6) is 0 Å². The van der Waals surface area contributed by atoms with E-state index in [0.29, 0.717) is 5.69 Å². The molecule has 1 heterocycles. The molecule has 0 fully saturated rings. The number of nitrogens with two attached hydrogens (primary N) is 1. The van der Waals surface area contributed by atoms with Crippen molar-refractivity contribution in [1.29, 1.82) is 0 Å². The van der Waals surface area contributed by atoms with Crippen LogP contribution in [0.2, 0.25) is 0 Å². The van der Waals surface area contributed by atoms with E-state index in [1.807, 2.05) is 26.0 Å². The third-order valence-corrected chi connectivity index (χ3v) is 4.31. The number of carbonyl (C=O) groups excluding carboxylic acids is 3. The smallest absolute Gasteiger partial charge is 0.243 e. The average Bonchev–Trinajstić information content (AvgIpc) is 2.57. The lowest BCUT2D eigenvalue weighted by molar-refractivity contribution is -0.125. The highest BCUT2D eigenvalue weighted by molar-refractivity contribution is 5.96. The van der Waals surface area contributed by atoms with Crippen molar-refractivity contribution in [2.24, 2.45) is 11.7 Å². The SMILES string of the molecule is CC(=O)N1CCCc2cc(NC(=O)CNC(=O)[C@@H](N)C(C)C)ccc21.Cl. The number of carbonyl (C=O) groups is 3. The molecule has 0 aromatic heterocycles. The number of nitrogens with one attached hydrogen (secondary N) is 2. The maximum absolute atomic E-state index is 12.0. The molecule has 8 heteroatoms. The van der Waals surface area contributed by atoms with Gasteiger partial charge >= 0.3 is 0 Å². The number of anilines is 2. The largest absolute Gasteiger partial charge is 0.346 e. The minimum atomic E-state index is -0.630. The van der Waals surface area contributed by atoms with Gasteiger partial charge in [-0.3, -0.25) is 14.4 Å². The molecule has 1 atom stereocenters. The van der Waals surface area contributed by atoms with E-state index < -0.39 is 6.04 Å². The third-order valence-electron chi connectivity index (χ3n) is 4.31. The maximum Gasteiger partial charge on any atom is 0.243 e. The summed E-state index contributed by atoms with van der Waals surface area (Å²) >= 11 is 0. The Labute approximate surface area is 160 Å². The summed E-state index contributed by atoms with van der Waals surface area (Å²) < 4.78 is 0. The van der Waals surface area contributed by atoms with Gasteiger partial charge < -0.3 is 21.3 Å². The fourth-order valence-electron chi connectivity index (χ4n) is 2.80. The molecule has 0 bridgehead atoms. The number of fused-ring (bicyclic) bond motifs is 1. The molecule has 4 N–H and O–H groups in total. The molecule has 7 nitrogen and oxygen atoms in total. The molecule has 2 rings (SSSR count). The van der Waals surface area contributed by atoms with Crippen LogP contribution in [0.1, 0.15) is 32.8 Å². The van der Waals surface area contributed by atoms with E-state index >= 15 is 0 Å². The van der Waals surface area contributed by atoms with Gasteiger partial charge in [-0.25, -0.2) is 0 Å². The third kappa shape index (κ3) is 5.44. The maximum atomic E-state index is 12.0. The molecule has 1 aromatic rings. The van der Waals surface area contributed by atoms with Crippen LogP contribution in [0, 0.1) is 5.92 Å². The van der Waals surface area contributed by atoms with Gasteiger partial charge in [0.05, 0.1) is 12.6 Å². The van der Waals surface area contributed by atoms with Gasteiger partial charge in [0.25, 0.3) is 0 Å². The normalized spacial score (nSPS) is 14.1. The highest BCUT2D eigenvalue weighted by Gasteiger charge is 2.21. The van der Waals surface area contributed by atoms with Crippen molar-refractivity contribution in [3.8, 4) is 0 Å². The van der Waals surface area contributed by atoms with Crippen LogP contribution < -0.4 is 21.3 Å². The molecular formula is C18H27ClN4O3. The van der Waals surface area contributed by atoms with Gasteiger partial charge in [-0.2, -0.15) is 0 Å². The molecule has 0 radical (unpaired) electrons. The number of nitrogens with zero attached hydrogens (tertiary/aromatic N) is 1. The first-order valence-electron chi connectivity index (χ1n) is 8.53. The van der Waals surface area contributed by atoms with Crippen LogP contribution in [0.15, 0.2) is 18.2 Å². The molecule has 1 aromatic carbocycles. The number of hydrogen-bond donors (Lipinski definition) is 3. The van der Waals surface area contributed by atoms with Crippen LogP contribution in [0.25, 0.3) is 0 Å². The second kappa shape index (κ2) is 9.54. The van der Waals surface area contributed by atoms with Crippen molar-refractivity contribution in [3.63, 3.8) is 0 Å². The van der Waals surface area contributed by atoms with E-state index in [2.05, 4.69) is 10.6 Å². The molecule has 0 saturated carbocycles. The van der Waals surface area contributed by atoms with Crippen molar-refractivity contribution >= 4 is 41.5 Å². The van der Waals surface area contributed by atoms with Crippen molar-refractivity contribution in [3.05, 3.63) is 23.8 Å². The zero-order chi connectivity index (χ0) is 18.6. The summed E-state index contributed by atoms with van der Waals surface area (Å²) in [5.74, 6) is -0.633. The fourth-order valence-corrected chi connectivity index (χ4v) is 2.80. The van der Waals surface area contributed by atoms with Crippen LogP contribution >= 0.6 is 12.4 Å². The Balaban J connectivity index is 0.00000338. The Morgan fingerprint density at radius 1 is 1.27 bits per heavy atom. The molecular weight excluding hydrogens is 356 g/mol. The summed E-state index contributed by atoms with van der Waals surface area (Å²) in [6, 6.07) is 4.86. The van der Waals surface area contributed by atoms with Crippen molar-refractivity contribution < 1.29 is 14.4 Å². The Morgan fingerprint density at radius 2 is 1.96 bits per heavy atom. The van der Waals surface area contributed by atoms with E-state index in [1.54, 1.807) is 17.9 Å². The Hall–Kier alpha value is -2.12. The Morgan fingerprint density at radius 3 is 2.58 bits per heavy atom. The van der Waals surface area contributed by atoms with E-state index in [4.69, 9.17) is 5.73 Å². The minimum Gasteiger partial charge on any atom is -0.346 e. The number of amides is 3. The molecule has 26 heavy (non-hydrogen) atoms. The lowest BCUT2D eigenvalue weighted by Gasteiger charge is -2.29. The minimum absolute atomic E-state index is 0. The first-order chi connectivity index (χ1) is 11.8. The van der Waals surface area contributed by atoms with E-state index in [9.17, 15) is 14.4 Å². The highest BCUT2D eigenvalue weighted by atomic mass is 35.5. The van der Waals surface area contributed by atoms with Crippen LogP contribution in [0.3, 0.4) is 0 Å². The molecule has 0 saturated heterocycles. The first kappa shape index (κ1) is 21.9. The molecule has 0 aliphatic carbocycles. The van der Waals surface area contributed by atoms with Crippen LogP contribution in [0.4, 0.5) is 11.4 Å². The number of halogens is 1. The molecule has 0 unspecified atom stereocenters. The highest BCUT2D eigenvalue weighted by Crippen LogP contribution is 2.29. The number of benzene rings is 1. The summed E-state index contributed by atoms with van der Waals surface area (Å²) in [6.45, 7) is 5.84. The standard InChI is InChI=1S/C18H26N4O3.ClH/c1-11(2)17(19)18(25)20-10-16(24)21-14-6-7-15-13(9-14)5-4-8-22(15)12(3)23;/h6-7,9,11,17H,4-5,8,10,19H2,1-3H3,(H,20,25)(H,21,24);1H/t17-;/m0./s1. The molecule has 1 aliphatic rings. The number of hydrogen-bond acceptors (Lipinski definition) is 4. The van der Waals surface area contributed by atoms with Crippen LogP contribution in [-0.2, 0) is 20.8 Å². The second-order valence-electron chi connectivity index (χ2n) is 6.65. The Bertz CT molecular complexity index is 678. The summed E-state index contributed by atoms with van der Waals surface area (Å²) in [6.07, 6.45) is 1.76. The molecule has 3 amide bonds. The van der Waals surface area contributed by atoms with Gasteiger partial charge in [0.2, 0.25) is 17.7 Å². The van der Waals surface area contributed by atoms with E-state index in [1.165, 1.54) is 0 Å². The molecule has 144 valence electrons. The lowest BCUT2D eigenvalue weighted by Crippen LogP contribution is -2.46. The summed E-state index contributed by atoms with van der Waals surface area (Å²) in [7, 11) is 0. The summed E-state index contributed by atoms with van der Waals surface area (Å²) in [5.41, 5.74) is 8.31. The van der Waals surface area contributed by atoms with Crippen LogP contribution in [-0.4, -0.2) is 36.9 Å². The molecule has 1 aliphatic heterocycles. The average molecular weight is 383 g/mol. The zero-order valence-corrected chi connectivity index (χ0v) is 16.2. The monoisotopic (exact) mass is 382 g/mol. The Kier molecular flexibility index (Phi) is 8.05. The van der Waals surface area contributed by atoms with Gasteiger partial charge in [0.15, 0.2) is 0 Å². The number of aryl methyl sites for hydroxylation is 1. The summed E-state index contributed by atoms with van der Waals surface area (Å²) in [4.78, 5) is 37.2. The topological polar surface area (TPSA) is 105 Å². The number of rotatable bonds is 5. The second-order valence-corrected chi connectivity index (χ2v) is 6.65. The van der Waals surface area contributed by atoms with Gasteiger partial charge in [0, 0.05) is 24.8 Å². The fraction of sp³-hybridized carbons (Fsp3) is 0.500. The zero-order valence-electron chi connectivity index (χ0n) is 15.4. The predicted octanol–water partition coefficient (Wildman–Crippen LogP) is 1.45. The quantitative estimate of drug-likeness (QED) is 0.716. The van der Waals surface area contributed by atoms with Gasteiger partial charge in [0.1, 0.15) is 0 Å². The lowest BCUT2D eigenvalue weighted by atomic mass is 10.0. The molecule has 0 spiro atoms. The van der Waals surface area contributed by atoms with Gasteiger partial charge in [-0.15, -0.1) is 12.4 Å². The van der Waals surface area contributed by atoms with Crippen molar-refractivity contribution in [2.75, 3.05) is 23.3 Å². The van der Waals surface area contributed by atoms with Gasteiger partial charge in [-0.1, -0.05) is 13.8 Å². The van der Waals surface area contributed by atoms with E-state index in [-0.39, 0.29) is 42.6 Å². The van der Waals surface area contributed by atoms with Crippen molar-refractivity contribution in [1.82, 2.24) is 5.32 Å². The summed E-state index contributed by atoms with van der Waals surface area (Å²) in [5, 5.41) is 5.30. The van der Waals surface area contributed by atoms with Crippen molar-refractivity contribution in [2.45, 2.75) is 39.7 Å². The van der Waals surface area contributed by atoms with E-state index in [0.717, 1.165) is 30.6 Å².